The number of rotatable bonds is 6. The number of ether oxygens (including phenoxy) is 1. The van der Waals surface area contributed by atoms with Gasteiger partial charge in [-0.1, -0.05) is 84.9 Å². The summed E-state index contributed by atoms with van der Waals surface area (Å²) in [6, 6.07) is 29.5. The summed E-state index contributed by atoms with van der Waals surface area (Å²) >= 11 is 0. The fraction of sp³-hybridized carbons (Fsp3) is 0.233. The second-order valence-electron chi connectivity index (χ2n) is 9.21. The molecule has 6 rings (SSSR count). The third-order valence-corrected chi connectivity index (χ3v) is 7.08. The molecule has 0 unspecified atom stereocenters. The first-order chi connectivity index (χ1) is 16.8. The van der Waals surface area contributed by atoms with Gasteiger partial charge in [-0.25, -0.2) is 0 Å². The van der Waals surface area contributed by atoms with Gasteiger partial charge in [0.1, 0.15) is 0 Å². The van der Waals surface area contributed by atoms with Crippen molar-refractivity contribution in [3.63, 3.8) is 0 Å². The minimum atomic E-state index is 0.0228. The van der Waals surface area contributed by atoms with E-state index >= 15 is 0 Å². The van der Waals surface area contributed by atoms with Crippen molar-refractivity contribution in [2.45, 2.75) is 38.1 Å². The van der Waals surface area contributed by atoms with Crippen LogP contribution in [0.3, 0.4) is 0 Å². The van der Waals surface area contributed by atoms with Gasteiger partial charge in [0.2, 0.25) is 5.91 Å². The Kier molecular flexibility index (Phi) is 5.52. The summed E-state index contributed by atoms with van der Waals surface area (Å²) in [5.41, 5.74) is 6.30. The monoisotopic (exact) mass is 448 g/mol. The zero-order valence-electron chi connectivity index (χ0n) is 19.1. The van der Waals surface area contributed by atoms with Gasteiger partial charge in [-0.3, -0.25) is 4.79 Å². The lowest BCUT2D eigenvalue weighted by Crippen LogP contribution is -2.50. The molecule has 0 bridgehead atoms. The van der Waals surface area contributed by atoms with Gasteiger partial charge in [0, 0.05) is 23.1 Å². The molecule has 0 saturated carbocycles. The highest BCUT2D eigenvalue weighted by atomic mass is 16.5. The number of hydrogen-bond donors (Lipinski definition) is 0. The van der Waals surface area contributed by atoms with Crippen molar-refractivity contribution in [1.82, 2.24) is 9.47 Å². The Labute approximate surface area is 200 Å². The molecule has 1 amide bonds. The molecule has 2 atom stereocenters. The van der Waals surface area contributed by atoms with Crippen molar-refractivity contribution in [1.29, 1.82) is 0 Å². The molecule has 0 N–H and O–H groups in total. The summed E-state index contributed by atoms with van der Waals surface area (Å²) in [4.78, 5) is 15.2. The minimum Gasteiger partial charge on any atom is -0.375 e. The van der Waals surface area contributed by atoms with Crippen molar-refractivity contribution < 1.29 is 9.53 Å². The Balaban J connectivity index is 1.38. The number of hydrogen-bond acceptors (Lipinski definition) is 2. The van der Waals surface area contributed by atoms with Gasteiger partial charge in [0.25, 0.3) is 0 Å². The molecule has 0 aliphatic carbocycles. The lowest BCUT2D eigenvalue weighted by Gasteiger charge is -2.43. The van der Waals surface area contributed by atoms with Crippen molar-refractivity contribution in [2.24, 2.45) is 0 Å². The van der Waals surface area contributed by atoms with Gasteiger partial charge in [-0.2, -0.15) is 0 Å². The first-order valence-electron chi connectivity index (χ1n) is 12.0. The van der Waals surface area contributed by atoms with Crippen LogP contribution in [0.1, 0.15) is 34.8 Å². The Bertz CT molecular complexity index is 1340. The number of para-hydroxylation sites is 1. The summed E-state index contributed by atoms with van der Waals surface area (Å²) < 4.78 is 8.60. The van der Waals surface area contributed by atoms with Crippen LogP contribution < -0.4 is 0 Å². The number of aromatic nitrogens is 1. The van der Waals surface area contributed by atoms with Crippen LogP contribution in [0.5, 0.6) is 0 Å². The van der Waals surface area contributed by atoms with Crippen LogP contribution in [0.15, 0.2) is 97.1 Å². The predicted octanol–water partition coefficient (Wildman–Crippen LogP) is 5.66. The zero-order chi connectivity index (χ0) is 22.9. The molecule has 3 aromatic carbocycles. The van der Waals surface area contributed by atoms with E-state index < -0.39 is 0 Å². The maximum Gasteiger partial charge on any atom is 0.247 e. The largest absolute Gasteiger partial charge is 0.375 e. The molecule has 34 heavy (non-hydrogen) atoms. The SMILES string of the molecule is O=C1C=CC[C@@H]2c3c(c4ccccc4n3Cc3ccccc3)C[C@@H](COCc3ccccc3)N12. The fourth-order valence-electron chi connectivity index (χ4n) is 5.62. The third kappa shape index (κ3) is 3.74. The number of amides is 1. The van der Waals surface area contributed by atoms with E-state index in [9.17, 15) is 4.79 Å². The number of carbonyl (C=O) groups is 1. The molecule has 2 aliphatic heterocycles. The van der Waals surface area contributed by atoms with Crippen molar-refractivity contribution >= 4 is 16.8 Å². The van der Waals surface area contributed by atoms with Gasteiger partial charge in [-0.05, 0) is 41.7 Å². The maximum atomic E-state index is 13.1. The summed E-state index contributed by atoms with van der Waals surface area (Å²) in [5.74, 6) is 0.0896. The van der Waals surface area contributed by atoms with Crippen molar-refractivity contribution in [3.8, 4) is 0 Å². The van der Waals surface area contributed by atoms with Crippen LogP contribution in [0.25, 0.3) is 10.9 Å². The van der Waals surface area contributed by atoms with E-state index in [1.54, 1.807) is 6.08 Å². The first kappa shape index (κ1) is 20.9. The molecular weight excluding hydrogens is 420 g/mol. The van der Waals surface area contributed by atoms with E-state index in [1.807, 2.05) is 24.3 Å². The van der Waals surface area contributed by atoms with Gasteiger partial charge >= 0.3 is 0 Å². The van der Waals surface area contributed by atoms with Gasteiger partial charge in [0.15, 0.2) is 0 Å². The molecule has 4 aromatic rings. The van der Waals surface area contributed by atoms with Crippen LogP contribution in [-0.4, -0.2) is 28.0 Å². The maximum absolute atomic E-state index is 13.1. The first-order valence-corrected chi connectivity index (χ1v) is 12.0. The molecular formula is C30H28N2O2. The minimum absolute atomic E-state index is 0.0228. The van der Waals surface area contributed by atoms with E-state index in [0.29, 0.717) is 13.2 Å². The average Bonchev–Trinajstić information content (AvgIpc) is 3.19. The fourth-order valence-corrected chi connectivity index (χ4v) is 5.62. The Morgan fingerprint density at radius 2 is 1.56 bits per heavy atom. The summed E-state index contributed by atoms with van der Waals surface area (Å²) in [5, 5.41) is 1.29. The lowest BCUT2D eigenvalue weighted by molar-refractivity contribution is -0.134. The molecule has 0 spiro atoms. The molecule has 2 aliphatic rings. The summed E-state index contributed by atoms with van der Waals surface area (Å²) in [6.07, 6.45) is 5.41. The van der Waals surface area contributed by atoms with Crippen LogP contribution in [0.2, 0.25) is 0 Å². The van der Waals surface area contributed by atoms with Gasteiger partial charge in [0.05, 0.1) is 25.3 Å². The molecule has 170 valence electrons. The third-order valence-electron chi connectivity index (χ3n) is 7.08. The van der Waals surface area contributed by atoms with Gasteiger partial charge < -0.3 is 14.2 Å². The normalized spacial score (nSPS) is 19.3. The highest BCUT2D eigenvalue weighted by Gasteiger charge is 2.41. The van der Waals surface area contributed by atoms with Crippen LogP contribution >= 0.6 is 0 Å². The Morgan fingerprint density at radius 3 is 2.35 bits per heavy atom. The molecule has 4 heteroatoms. The quantitative estimate of drug-likeness (QED) is 0.381. The van der Waals surface area contributed by atoms with Crippen molar-refractivity contribution in [2.75, 3.05) is 6.61 Å². The number of benzene rings is 3. The molecule has 3 heterocycles. The number of nitrogens with zero attached hydrogens (tertiary/aromatic N) is 2. The lowest BCUT2D eigenvalue weighted by atomic mass is 9.88. The van der Waals surface area contributed by atoms with E-state index in [2.05, 4.69) is 76.2 Å². The highest BCUT2D eigenvalue weighted by molar-refractivity contribution is 5.91. The van der Waals surface area contributed by atoms with Crippen LogP contribution in [0.4, 0.5) is 0 Å². The standard InChI is InChI=1S/C30H28N2O2/c33-29-17-9-16-28-30-26(18-24(32(28)29)21-34-20-23-12-5-2-6-13-23)25-14-7-8-15-27(25)31(30)19-22-10-3-1-4-11-22/h1-15,17,24,28H,16,18-21H2/t24-,28+/m0/s1. The molecule has 0 fully saturated rings. The molecule has 0 saturated heterocycles. The predicted molar refractivity (Wildman–Crippen MR) is 134 cm³/mol. The highest BCUT2D eigenvalue weighted by Crippen LogP contribution is 2.43. The summed E-state index contributed by atoms with van der Waals surface area (Å²) in [7, 11) is 0. The van der Waals surface area contributed by atoms with Crippen LogP contribution in [-0.2, 0) is 29.1 Å². The smallest absolute Gasteiger partial charge is 0.247 e. The van der Waals surface area contributed by atoms with E-state index in [0.717, 1.165) is 24.9 Å². The second-order valence-corrected chi connectivity index (χ2v) is 9.21. The molecule has 0 radical (unpaired) electrons. The average molecular weight is 449 g/mol. The Morgan fingerprint density at radius 1 is 0.853 bits per heavy atom. The number of fused-ring (bicyclic) bond motifs is 5. The van der Waals surface area contributed by atoms with Crippen LogP contribution in [0, 0.1) is 0 Å². The Hall–Kier alpha value is -3.63. The zero-order valence-corrected chi connectivity index (χ0v) is 19.1. The van der Waals surface area contributed by atoms with Gasteiger partial charge in [-0.15, -0.1) is 0 Å². The summed E-state index contributed by atoms with van der Waals surface area (Å²) in [6.45, 7) is 1.89. The van der Waals surface area contributed by atoms with E-state index in [1.165, 1.54) is 27.7 Å². The molecule has 1 aromatic heterocycles. The second kappa shape index (κ2) is 8.96. The molecule has 4 nitrogen and oxygen atoms in total. The topological polar surface area (TPSA) is 34.5 Å². The van der Waals surface area contributed by atoms with Crippen molar-refractivity contribution in [3.05, 3.63) is 119 Å². The van der Waals surface area contributed by atoms with E-state index in [-0.39, 0.29) is 18.0 Å². The van der Waals surface area contributed by atoms with E-state index in [4.69, 9.17) is 4.74 Å². The number of carbonyl (C=O) groups excluding carboxylic acids is 1.